The van der Waals surface area contributed by atoms with Gasteiger partial charge in [-0.2, -0.15) is 5.10 Å². The number of carbonyl (C=O) groups excluding carboxylic acids is 2. The third-order valence-electron chi connectivity index (χ3n) is 4.82. The van der Waals surface area contributed by atoms with E-state index in [0.717, 1.165) is 11.3 Å². The molecule has 174 valence electrons. The third kappa shape index (κ3) is 6.19. The van der Waals surface area contributed by atoms with Crippen LogP contribution in [0.1, 0.15) is 20.3 Å². The molecule has 3 aromatic rings. The highest BCUT2D eigenvalue weighted by Gasteiger charge is 2.13. The highest BCUT2D eigenvalue weighted by Crippen LogP contribution is 2.22. The van der Waals surface area contributed by atoms with Gasteiger partial charge in [0.05, 0.1) is 13.2 Å². The van der Waals surface area contributed by atoms with E-state index in [1.54, 1.807) is 42.8 Å². The first-order chi connectivity index (χ1) is 15.9. The Morgan fingerprint density at radius 2 is 1.79 bits per heavy atom. The molecule has 0 unspecified atom stereocenters. The number of anilines is 2. The fraction of sp³-hybridized carbons (Fsp3) is 0.304. The number of aromatic amines is 1. The monoisotopic (exact) mass is 469 g/mol. The summed E-state index contributed by atoms with van der Waals surface area (Å²) < 4.78 is 12.7. The Balaban J connectivity index is 1.61. The van der Waals surface area contributed by atoms with Gasteiger partial charge in [-0.1, -0.05) is 0 Å². The van der Waals surface area contributed by atoms with E-state index in [2.05, 4.69) is 15.5 Å². The van der Waals surface area contributed by atoms with Crippen molar-refractivity contribution in [2.24, 2.45) is 0 Å². The summed E-state index contributed by atoms with van der Waals surface area (Å²) >= 11 is 5.35. The molecule has 0 atom stereocenters. The van der Waals surface area contributed by atoms with Crippen molar-refractivity contribution in [1.29, 1.82) is 0 Å². The van der Waals surface area contributed by atoms with E-state index in [9.17, 15) is 9.59 Å². The summed E-state index contributed by atoms with van der Waals surface area (Å²) in [5.41, 5.74) is 2.16. The maximum absolute atomic E-state index is 12.5. The van der Waals surface area contributed by atoms with Crippen LogP contribution in [-0.4, -0.2) is 47.0 Å². The molecule has 9 nitrogen and oxygen atoms in total. The van der Waals surface area contributed by atoms with Crippen molar-refractivity contribution >= 4 is 35.6 Å². The van der Waals surface area contributed by atoms with Gasteiger partial charge in [-0.3, -0.25) is 19.4 Å². The molecule has 33 heavy (non-hydrogen) atoms. The summed E-state index contributed by atoms with van der Waals surface area (Å²) in [5, 5.41) is 9.96. The number of aromatic nitrogens is 3. The fourth-order valence-electron chi connectivity index (χ4n) is 3.14. The minimum atomic E-state index is -0.436. The Morgan fingerprint density at radius 3 is 2.42 bits per heavy atom. The number of carbonyl (C=O) groups is 2. The zero-order valence-electron chi connectivity index (χ0n) is 18.8. The smallest absolute Gasteiger partial charge is 0.413 e. The maximum Gasteiger partial charge on any atom is 0.413 e. The van der Waals surface area contributed by atoms with Gasteiger partial charge in [0.2, 0.25) is 5.91 Å². The Bertz CT molecular complexity index is 1140. The van der Waals surface area contributed by atoms with Crippen LogP contribution in [0.3, 0.4) is 0 Å². The van der Waals surface area contributed by atoms with Crippen LogP contribution < -0.4 is 15.0 Å². The molecule has 0 spiro atoms. The Hall–Kier alpha value is -3.66. The average Bonchev–Trinajstić information content (AvgIpc) is 3.19. The van der Waals surface area contributed by atoms with E-state index in [0.29, 0.717) is 41.7 Å². The molecule has 0 aliphatic carbocycles. The van der Waals surface area contributed by atoms with Gasteiger partial charge < -0.3 is 14.8 Å². The van der Waals surface area contributed by atoms with Gasteiger partial charge in [0.15, 0.2) is 10.6 Å². The van der Waals surface area contributed by atoms with Crippen LogP contribution in [0.15, 0.2) is 48.5 Å². The molecule has 2 N–H and O–H groups in total. The summed E-state index contributed by atoms with van der Waals surface area (Å²) in [7, 11) is 1.63. The van der Waals surface area contributed by atoms with Gasteiger partial charge in [-0.05, 0) is 74.6 Å². The van der Waals surface area contributed by atoms with E-state index < -0.39 is 6.09 Å². The average molecular weight is 470 g/mol. The molecular weight excluding hydrogens is 442 g/mol. The second-order valence-electron chi connectivity index (χ2n) is 7.06. The van der Waals surface area contributed by atoms with E-state index in [1.807, 2.05) is 31.2 Å². The van der Waals surface area contributed by atoms with Gasteiger partial charge in [0.1, 0.15) is 5.75 Å². The van der Waals surface area contributed by atoms with Crippen molar-refractivity contribution in [3.8, 4) is 17.1 Å². The van der Waals surface area contributed by atoms with Crippen LogP contribution in [-0.2, 0) is 16.1 Å². The number of amides is 2. The summed E-state index contributed by atoms with van der Waals surface area (Å²) in [5.74, 6) is 1.27. The minimum Gasteiger partial charge on any atom is -0.494 e. The number of benzene rings is 2. The van der Waals surface area contributed by atoms with Crippen molar-refractivity contribution in [2.75, 3.05) is 30.5 Å². The van der Waals surface area contributed by atoms with E-state index in [1.165, 1.54) is 4.90 Å². The van der Waals surface area contributed by atoms with Crippen molar-refractivity contribution < 1.29 is 19.1 Å². The minimum absolute atomic E-state index is 0.165. The molecule has 1 aromatic heterocycles. The largest absolute Gasteiger partial charge is 0.494 e. The van der Waals surface area contributed by atoms with Crippen LogP contribution in [0.4, 0.5) is 16.2 Å². The topological polar surface area (TPSA) is 101 Å². The highest BCUT2D eigenvalue weighted by molar-refractivity contribution is 7.71. The van der Waals surface area contributed by atoms with Crippen molar-refractivity contribution in [3.05, 3.63) is 53.3 Å². The van der Waals surface area contributed by atoms with Crippen LogP contribution in [0.2, 0.25) is 0 Å². The SMILES string of the molecule is CCOC(=O)N(C)c1ccc(NC(=O)CCn2c(-c3ccc(OCC)cc3)n[nH]c2=S)cc1. The van der Waals surface area contributed by atoms with Crippen LogP contribution in [0.5, 0.6) is 5.75 Å². The molecule has 0 aliphatic rings. The Kier molecular flexibility index (Phi) is 8.20. The number of H-pyrrole nitrogens is 1. The molecule has 1 heterocycles. The Morgan fingerprint density at radius 1 is 1.09 bits per heavy atom. The van der Waals surface area contributed by atoms with E-state index in [4.69, 9.17) is 21.7 Å². The number of nitrogens with zero attached hydrogens (tertiary/aromatic N) is 3. The predicted molar refractivity (Wildman–Crippen MR) is 129 cm³/mol. The molecule has 0 bridgehead atoms. The summed E-state index contributed by atoms with van der Waals surface area (Å²) in [4.78, 5) is 25.7. The molecule has 0 aliphatic heterocycles. The number of nitrogens with one attached hydrogen (secondary N) is 2. The van der Waals surface area contributed by atoms with Gasteiger partial charge in [0.25, 0.3) is 0 Å². The van der Waals surface area contributed by atoms with Crippen LogP contribution >= 0.6 is 12.2 Å². The molecule has 2 aromatic carbocycles. The normalized spacial score (nSPS) is 10.5. The summed E-state index contributed by atoms with van der Waals surface area (Å²) in [6, 6.07) is 14.5. The fourth-order valence-corrected chi connectivity index (χ4v) is 3.37. The van der Waals surface area contributed by atoms with Crippen molar-refractivity contribution in [3.63, 3.8) is 0 Å². The number of hydrogen-bond acceptors (Lipinski definition) is 6. The number of hydrogen-bond donors (Lipinski definition) is 2. The lowest BCUT2D eigenvalue weighted by Gasteiger charge is -2.17. The van der Waals surface area contributed by atoms with Crippen LogP contribution in [0.25, 0.3) is 11.4 Å². The molecule has 2 amide bonds. The predicted octanol–water partition coefficient (Wildman–Crippen LogP) is 4.63. The first-order valence-electron chi connectivity index (χ1n) is 10.6. The second kappa shape index (κ2) is 11.3. The van der Waals surface area contributed by atoms with Gasteiger partial charge >= 0.3 is 6.09 Å². The molecule has 3 rings (SSSR count). The Labute approximate surface area is 197 Å². The van der Waals surface area contributed by atoms with Crippen molar-refractivity contribution in [1.82, 2.24) is 14.8 Å². The zero-order valence-corrected chi connectivity index (χ0v) is 19.6. The maximum atomic E-state index is 12.5. The number of rotatable bonds is 9. The van der Waals surface area contributed by atoms with Crippen LogP contribution in [0, 0.1) is 4.77 Å². The first kappa shape index (κ1) is 24.0. The molecule has 10 heteroatoms. The second-order valence-corrected chi connectivity index (χ2v) is 7.45. The van der Waals surface area contributed by atoms with Gasteiger partial charge in [-0.25, -0.2) is 4.79 Å². The lowest BCUT2D eigenvalue weighted by Crippen LogP contribution is -2.26. The molecule has 0 fully saturated rings. The number of ether oxygens (including phenoxy) is 2. The molecular formula is C23H27N5O4S. The zero-order chi connectivity index (χ0) is 23.8. The summed E-state index contributed by atoms with van der Waals surface area (Å²) in [6.45, 7) is 4.95. The molecule has 0 radical (unpaired) electrons. The standard InChI is InChI=1S/C23H27N5O4S/c1-4-31-19-12-6-16(7-13-19)21-25-26-22(33)28(21)15-14-20(29)24-17-8-10-18(11-9-17)27(3)23(30)32-5-2/h6-13H,4-5,14-15H2,1-3H3,(H,24,29)(H,26,33). The molecule has 0 saturated heterocycles. The lowest BCUT2D eigenvalue weighted by atomic mass is 10.2. The van der Waals surface area contributed by atoms with Crippen molar-refractivity contribution in [2.45, 2.75) is 26.8 Å². The van der Waals surface area contributed by atoms with Gasteiger partial charge in [0, 0.05) is 37.0 Å². The quantitative estimate of drug-likeness (QED) is 0.443. The van der Waals surface area contributed by atoms with E-state index in [-0.39, 0.29) is 12.3 Å². The van der Waals surface area contributed by atoms with E-state index >= 15 is 0 Å². The van der Waals surface area contributed by atoms with Gasteiger partial charge in [-0.15, -0.1) is 0 Å². The lowest BCUT2D eigenvalue weighted by molar-refractivity contribution is -0.116. The molecule has 0 saturated carbocycles. The first-order valence-corrected chi connectivity index (χ1v) is 11.0. The third-order valence-corrected chi connectivity index (χ3v) is 5.14. The highest BCUT2D eigenvalue weighted by atomic mass is 32.1. The summed E-state index contributed by atoms with van der Waals surface area (Å²) in [6.07, 6.45) is -0.225.